The topological polar surface area (TPSA) is 116 Å². The lowest BCUT2D eigenvalue weighted by Gasteiger charge is -2.38. The Kier molecular flexibility index (Phi) is 9.41. The Morgan fingerprint density at radius 1 is 0.878 bits per heavy atom. The summed E-state index contributed by atoms with van der Waals surface area (Å²) >= 11 is 0. The van der Waals surface area contributed by atoms with Crippen LogP contribution in [0.3, 0.4) is 0 Å². The molecule has 2 fully saturated rings. The van der Waals surface area contributed by atoms with Crippen LogP contribution < -0.4 is 14.9 Å². The minimum Gasteiger partial charge on any atom is -0.368 e. The van der Waals surface area contributed by atoms with Gasteiger partial charge in [0.15, 0.2) is 0 Å². The van der Waals surface area contributed by atoms with Gasteiger partial charge < -0.3 is 15.1 Å². The highest BCUT2D eigenvalue weighted by Gasteiger charge is 2.34. The van der Waals surface area contributed by atoms with Gasteiger partial charge in [-0.1, -0.05) is 32.9 Å². The molecule has 0 unspecified atom stereocenters. The highest BCUT2D eigenvalue weighted by Crippen LogP contribution is 2.31. The number of sulfonamides is 1. The van der Waals surface area contributed by atoms with Crippen molar-refractivity contribution in [3.63, 3.8) is 0 Å². The van der Waals surface area contributed by atoms with Crippen LogP contribution in [0.5, 0.6) is 0 Å². The molecule has 0 spiro atoms. The standard InChI is InChI=1S/C31H42N4O5S/c1-5-41(39,40)33-29(37)23-9-11-24(12-10-23)30(38)35-19-17-34(18-20-35)27-15-13-22(14-16-27)28(36)32-26-8-6-7-25(21-26)31(2,3)4/h6-8,13-16,21,23-24H,5,9-12,17-20H2,1-4H3,(H,32,36)(H,33,37)/t23-,24-. The molecule has 1 saturated carbocycles. The van der Waals surface area contributed by atoms with E-state index >= 15 is 0 Å². The maximum absolute atomic E-state index is 13.2. The lowest BCUT2D eigenvalue weighted by molar-refractivity contribution is -0.138. The number of hydrogen-bond donors (Lipinski definition) is 2. The molecular formula is C31H42N4O5S. The molecule has 2 aliphatic rings. The maximum atomic E-state index is 13.2. The number of anilines is 2. The Labute approximate surface area is 243 Å². The summed E-state index contributed by atoms with van der Waals surface area (Å²) in [4.78, 5) is 42.4. The van der Waals surface area contributed by atoms with Crippen LogP contribution in [0.2, 0.25) is 0 Å². The van der Waals surface area contributed by atoms with Crippen molar-refractivity contribution in [3.8, 4) is 0 Å². The highest BCUT2D eigenvalue weighted by molar-refractivity contribution is 7.90. The first-order chi connectivity index (χ1) is 19.4. The van der Waals surface area contributed by atoms with E-state index < -0.39 is 15.9 Å². The van der Waals surface area contributed by atoms with Crippen molar-refractivity contribution in [3.05, 3.63) is 59.7 Å². The quantitative estimate of drug-likeness (QED) is 0.507. The summed E-state index contributed by atoms with van der Waals surface area (Å²) in [5, 5.41) is 2.99. The van der Waals surface area contributed by atoms with E-state index in [1.165, 1.54) is 6.92 Å². The molecule has 1 saturated heterocycles. The third-order valence-electron chi connectivity index (χ3n) is 8.16. The van der Waals surface area contributed by atoms with Crippen molar-refractivity contribution in [1.82, 2.24) is 9.62 Å². The Balaban J connectivity index is 1.25. The van der Waals surface area contributed by atoms with E-state index in [9.17, 15) is 22.8 Å². The van der Waals surface area contributed by atoms with Crippen molar-refractivity contribution in [2.24, 2.45) is 11.8 Å². The summed E-state index contributed by atoms with van der Waals surface area (Å²) < 4.78 is 25.5. The number of hydrogen-bond acceptors (Lipinski definition) is 6. The Morgan fingerprint density at radius 2 is 1.49 bits per heavy atom. The molecule has 1 aliphatic carbocycles. The van der Waals surface area contributed by atoms with Crippen LogP contribution in [0.25, 0.3) is 0 Å². The average Bonchev–Trinajstić information content (AvgIpc) is 2.96. The van der Waals surface area contributed by atoms with E-state index in [-0.39, 0.29) is 34.8 Å². The molecule has 10 heteroatoms. The number of benzene rings is 2. The van der Waals surface area contributed by atoms with Gasteiger partial charge in [0.05, 0.1) is 5.75 Å². The van der Waals surface area contributed by atoms with Crippen molar-refractivity contribution in [1.29, 1.82) is 0 Å². The van der Waals surface area contributed by atoms with Gasteiger partial charge in [-0.25, -0.2) is 8.42 Å². The van der Waals surface area contributed by atoms with Crippen LogP contribution in [0.1, 0.15) is 69.3 Å². The van der Waals surface area contributed by atoms with Gasteiger partial charge in [-0.05, 0) is 80.0 Å². The van der Waals surface area contributed by atoms with E-state index in [0.717, 1.165) is 16.9 Å². The Bertz CT molecular complexity index is 1350. The fourth-order valence-electron chi connectivity index (χ4n) is 5.44. The highest BCUT2D eigenvalue weighted by atomic mass is 32.2. The summed E-state index contributed by atoms with van der Waals surface area (Å²) in [6, 6.07) is 15.5. The minimum atomic E-state index is -3.57. The molecule has 222 valence electrons. The maximum Gasteiger partial charge on any atom is 0.255 e. The molecule has 2 N–H and O–H groups in total. The molecule has 2 aromatic rings. The van der Waals surface area contributed by atoms with Crippen LogP contribution in [0.4, 0.5) is 11.4 Å². The van der Waals surface area contributed by atoms with Gasteiger partial charge in [0, 0.05) is 55.0 Å². The normalized spacial score (nSPS) is 19.9. The average molecular weight is 583 g/mol. The minimum absolute atomic E-state index is 0.00414. The van der Waals surface area contributed by atoms with E-state index in [1.807, 2.05) is 47.4 Å². The van der Waals surface area contributed by atoms with Gasteiger partial charge in [-0.3, -0.25) is 19.1 Å². The van der Waals surface area contributed by atoms with Crippen LogP contribution in [0, 0.1) is 11.8 Å². The third kappa shape index (κ3) is 7.87. The number of nitrogens with one attached hydrogen (secondary N) is 2. The third-order valence-corrected chi connectivity index (χ3v) is 9.43. The molecule has 1 aliphatic heterocycles. The zero-order valence-corrected chi connectivity index (χ0v) is 25.3. The Morgan fingerprint density at radius 3 is 2.07 bits per heavy atom. The van der Waals surface area contributed by atoms with Crippen molar-refractivity contribution in [2.45, 2.75) is 58.8 Å². The molecule has 41 heavy (non-hydrogen) atoms. The molecule has 2 aromatic carbocycles. The second kappa shape index (κ2) is 12.6. The first kappa shape index (κ1) is 30.6. The summed E-state index contributed by atoms with van der Waals surface area (Å²) in [7, 11) is -3.57. The fourth-order valence-corrected chi connectivity index (χ4v) is 6.06. The van der Waals surface area contributed by atoms with Crippen molar-refractivity contribution >= 4 is 39.1 Å². The number of carbonyl (C=O) groups is 3. The lowest BCUT2D eigenvalue weighted by Crippen LogP contribution is -2.51. The molecule has 4 rings (SSSR count). The summed E-state index contributed by atoms with van der Waals surface area (Å²) in [5.74, 6) is -1.12. The predicted molar refractivity (Wildman–Crippen MR) is 161 cm³/mol. The van der Waals surface area contributed by atoms with Gasteiger partial charge in [-0.2, -0.15) is 0 Å². The Hall–Kier alpha value is -3.40. The monoisotopic (exact) mass is 582 g/mol. The summed E-state index contributed by atoms with van der Waals surface area (Å²) in [6.07, 6.45) is 2.22. The molecule has 0 radical (unpaired) electrons. The first-order valence-electron chi connectivity index (χ1n) is 14.5. The van der Waals surface area contributed by atoms with Crippen molar-refractivity contribution < 1.29 is 22.8 Å². The van der Waals surface area contributed by atoms with Crippen LogP contribution >= 0.6 is 0 Å². The fraction of sp³-hybridized carbons (Fsp3) is 0.516. The summed E-state index contributed by atoms with van der Waals surface area (Å²) in [6.45, 7) is 10.5. The number of amides is 3. The first-order valence-corrected chi connectivity index (χ1v) is 16.1. The van der Waals surface area contributed by atoms with Gasteiger partial charge in [0.25, 0.3) is 5.91 Å². The zero-order chi connectivity index (χ0) is 29.8. The smallest absolute Gasteiger partial charge is 0.255 e. The van der Waals surface area contributed by atoms with E-state index in [4.69, 9.17) is 0 Å². The predicted octanol–water partition coefficient (Wildman–Crippen LogP) is 4.16. The van der Waals surface area contributed by atoms with Gasteiger partial charge >= 0.3 is 0 Å². The van der Waals surface area contributed by atoms with E-state index in [1.54, 1.807) is 0 Å². The molecule has 0 bridgehead atoms. The van der Waals surface area contributed by atoms with Crippen molar-refractivity contribution in [2.75, 3.05) is 42.1 Å². The second-order valence-electron chi connectivity index (χ2n) is 12.1. The summed E-state index contributed by atoms with van der Waals surface area (Å²) in [5.41, 5.74) is 3.52. The number of rotatable bonds is 7. The van der Waals surface area contributed by atoms with Crippen LogP contribution in [-0.2, 0) is 25.0 Å². The van der Waals surface area contributed by atoms with Gasteiger partial charge in [0.2, 0.25) is 21.8 Å². The SMILES string of the molecule is CCS(=O)(=O)NC(=O)[C@H]1CC[C@H](C(=O)N2CCN(c3ccc(C(=O)Nc4cccc(C(C)(C)C)c4)cc3)CC2)CC1. The zero-order valence-electron chi connectivity index (χ0n) is 24.5. The second-order valence-corrected chi connectivity index (χ2v) is 14.1. The van der Waals surface area contributed by atoms with Gasteiger partial charge in [-0.15, -0.1) is 0 Å². The van der Waals surface area contributed by atoms with Crippen LogP contribution in [-0.4, -0.2) is 63.0 Å². The largest absolute Gasteiger partial charge is 0.368 e. The molecule has 0 atom stereocenters. The van der Waals surface area contributed by atoms with Crippen LogP contribution in [0.15, 0.2) is 48.5 Å². The lowest BCUT2D eigenvalue weighted by atomic mass is 9.81. The number of nitrogens with zero attached hydrogens (tertiary/aromatic N) is 2. The number of carbonyl (C=O) groups excluding carboxylic acids is 3. The molecule has 1 heterocycles. The molecule has 9 nitrogen and oxygen atoms in total. The van der Waals surface area contributed by atoms with E-state index in [2.05, 4.69) is 41.8 Å². The number of piperazine rings is 1. The molecule has 0 aromatic heterocycles. The van der Waals surface area contributed by atoms with E-state index in [0.29, 0.717) is 57.4 Å². The molecule has 3 amide bonds. The van der Waals surface area contributed by atoms with Gasteiger partial charge in [0.1, 0.15) is 0 Å². The molecular weight excluding hydrogens is 540 g/mol.